The number of hydrogen-bond acceptors (Lipinski definition) is 7. The lowest BCUT2D eigenvalue weighted by molar-refractivity contribution is -0.384. The zero-order chi connectivity index (χ0) is 23.8. The first kappa shape index (κ1) is 24.2. The first-order chi connectivity index (χ1) is 15.8. The average Bonchev–Trinajstić information content (AvgIpc) is 3.26. The molecule has 1 atom stereocenters. The SMILES string of the molecule is CN(CCCCOc1ccc([N+](=O)[O-])cc1)CC(O)(Cn1cncn1)c1ccc(F)cc1F. The van der Waals surface area contributed by atoms with Gasteiger partial charge in [0, 0.05) is 30.3 Å². The molecule has 1 heterocycles. The normalized spacial score (nSPS) is 13.1. The van der Waals surface area contributed by atoms with E-state index in [9.17, 15) is 24.0 Å². The number of nitro groups is 1. The third-order valence-electron chi connectivity index (χ3n) is 5.10. The van der Waals surface area contributed by atoms with Crippen molar-refractivity contribution in [3.05, 3.63) is 82.4 Å². The van der Waals surface area contributed by atoms with Gasteiger partial charge in [0.15, 0.2) is 0 Å². The van der Waals surface area contributed by atoms with Crippen LogP contribution in [0.25, 0.3) is 0 Å². The van der Waals surface area contributed by atoms with Gasteiger partial charge >= 0.3 is 0 Å². The highest BCUT2D eigenvalue weighted by Crippen LogP contribution is 2.27. The molecule has 0 spiro atoms. The van der Waals surface area contributed by atoms with Crippen LogP contribution in [0.15, 0.2) is 55.1 Å². The Labute approximate surface area is 189 Å². The number of ether oxygens (including phenoxy) is 1. The van der Waals surface area contributed by atoms with Crippen molar-refractivity contribution in [2.75, 3.05) is 26.7 Å². The Bertz CT molecular complexity index is 1050. The van der Waals surface area contributed by atoms with Crippen LogP contribution in [0.1, 0.15) is 18.4 Å². The third kappa shape index (κ3) is 6.77. The molecule has 0 saturated heterocycles. The third-order valence-corrected chi connectivity index (χ3v) is 5.10. The first-order valence-corrected chi connectivity index (χ1v) is 10.3. The maximum atomic E-state index is 14.5. The minimum Gasteiger partial charge on any atom is -0.494 e. The van der Waals surface area contributed by atoms with Crippen LogP contribution < -0.4 is 4.74 Å². The minimum absolute atomic E-state index is 0.0000502. The van der Waals surface area contributed by atoms with E-state index < -0.39 is 22.2 Å². The van der Waals surface area contributed by atoms with Gasteiger partial charge in [-0.1, -0.05) is 6.07 Å². The number of hydrogen-bond donors (Lipinski definition) is 1. The molecule has 176 valence electrons. The summed E-state index contributed by atoms with van der Waals surface area (Å²) in [5.41, 5.74) is -1.68. The molecule has 0 aliphatic heterocycles. The van der Waals surface area contributed by atoms with Gasteiger partial charge in [0.05, 0.1) is 18.1 Å². The summed E-state index contributed by atoms with van der Waals surface area (Å²) in [6.07, 6.45) is 4.17. The number of nitro benzene ring substituents is 1. The van der Waals surface area contributed by atoms with E-state index in [1.165, 1.54) is 35.5 Å². The van der Waals surface area contributed by atoms with Crippen molar-refractivity contribution in [1.82, 2.24) is 19.7 Å². The predicted octanol–water partition coefficient (Wildman–Crippen LogP) is 3.14. The van der Waals surface area contributed by atoms with Gasteiger partial charge in [-0.2, -0.15) is 5.10 Å². The molecule has 9 nitrogen and oxygen atoms in total. The molecule has 0 radical (unpaired) electrons. The molecule has 1 N–H and O–H groups in total. The lowest BCUT2D eigenvalue weighted by atomic mass is 9.92. The highest BCUT2D eigenvalue weighted by molar-refractivity contribution is 5.35. The molecule has 0 aliphatic carbocycles. The van der Waals surface area contributed by atoms with Crippen LogP contribution in [0.5, 0.6) is 5.75 Å². The molecule has 1 unspecified atom stereocenters. The van der Waals surface area contributed by atoms with Crippen molar-refractivity contribution in [2.24, 2.45) is 0 Å². The number of nitrogens with zero attached hydrogens (tertiary/aromatic N) is 5. The van der Waals surface area contributed by atoms with Crippen molar-refractivity contribution < 1.29 is 23.5 Å². The van der Waals surface area contributed by atoms with Gasteiger partial charge < -0.3 is 14.7 Å². The summed E-state index contributed by atoms with van der Waals surface area (Å²) in [7, 11) is 1.80. The Morgan fingerprint density at radius 3 is 2.61 bits per heavy atom. The molecule has 0 saturated carbocycles. The first-order valence-electron chi connectivity index (χ1n) is 10.3. The van der Waals surface area contributed by atoms with Crippen LogP contribution in [0, 0.1) is 21.7 Å². The lowest BCUT2D eigenvalue weighted by Crippen LogP contribution is -2.43. The van der Waals surface area contributed by atoms with E-state index in [1.54, 1.807) is 19.2 Å². The second-order valence-corrected chi connectivity index (χ2v) is 7.79. The van der Waals surface area contributed by atoms with E-state index >= 15 is 0 Å². The zero-order valence-electron chi connectivity index (χ0n) is 18.1. The molecule has 2 aromatic carbocycles. The fraction of sp³-hybridized carbons (Fsp3) is 0.364. The van der Waals surface area contributed by atoms with Gasteiger partial charge in [0.25, 0.3) is 5.69 Å². The number of benzene rings is 2. The predicted molar refractivity (Wildman–Crippen MR) is 116 cm³/mol. The van der Waals surface area contributed by atoms with Gasteiger partial charge in [-0.25, -0.2) is 18.4 Å². The smallest absolute Gasteiger partial charge is 0.269 e. The number of aromatic nitrogens is 3. The zero-order valence-corrected chi connectivity index (χ0v) is 18.1. The molecule has 11 heteroatoms. The largest absolute Gasteiger partial charge is 0.494 e. The van der Waals surface area contributed by atoms with E-state index in [-0.39, 0.29) is 24.3 Å². The summed E-state index contributed by atoms with van der Waals surface area (Å²) in [4.78, 5) is 15.9. The molecule has 3 aromatic rings. The van der Waals surface area contributed by atoms with E-state index in [0.29, 0.717) is 25.3 Å². The molecule has 3 rings (SSSR count). The summed E-state index contributed by atoms with van der Waals surface area (Å²) in [6.45, 7) is 1.04. The molecular formula is C22H25F2N5O4. The molecule has 33 heavy (non-hydrogen) atoms. The van der Waals surface area contributed by atoms with E-state index in [2.05, 4.69) is 10.1 Å². The maximum Gasteiger partial charge on any atom is 0.269 e. The number of aliphatic hydroxyl groups is 1. The van der Waals surface area contributed by atoms with E-state index in [4.69, 9.17) is 4.74 Å². The van der Waals surface area contributed by atoms with Gasteiger partial charge in [-0.3, -0.25) is 10.1 Å². The van der Waals surface area contributed by atoms with Gasteiger partial charge in [0.1, 0.15) is 35.6 Å². The van der Waals surface area contributed by atoms with Crippen LogP contribution in [0.4, 0.5) is 14.5 Å². The van der Waals surface area contributed by atoms with Crippen molar-refractivity contribution in [2.45, 2.75) is 25.0 Å². The summed E-state index contributed by atoms with van der Waals surface area (Å²) < 4.78 is 34.9. The van der Waals surface area contributed by atoms with Crippen LogP contribution >= 0.6 is 0 Å². The Kier molecular flexibility index (Phi) is 8.01. The number of likely N-dealkylation sites (N-methyl/N-ethyl adjacent to an activating group) is 1. The number of unbranched alkanes of at least 4 members (excludes halogenated alkanes) is 1. The topological polar surface area (TPSA) is 107 Å². The number of non-ortho nitro benzene ring substituents is 1. The minimum atomic E-state index is -1.66. The fourth-order valence-electron chi connectivity index (χ4n) is 3.53. The Balaban J connectivity index is 1.53. The molecule has 1 aromatic heterocycles. The average molecular weight is 461 g/mol. The molecule has 0 bridgehead atoms. The standard InChI is InChI=1S/C22H25F2N5O4/c1-27(10-2-3-11-33-19-7-5-18(6-8-19)29(31)32)13-22(30,14-28-16-25-15-26-28)20-9-4-17(23)12-21(20)24/h4-9,12,15-16,30H,2-3,10-11,13-14H2,1H3. The molecule has 0 amide bonds. The number of rotatable bonds is 12. The van der Waals surface area contributed by atoms with E-state index in [1.807, 2.05) is 4.90 Å². The van der Waals surface area contributed by atoms with Gasteiger partial charge in [0.2, 0.25) is 0 Å². The second-order valence-electron chi connectivity index (χ2n) is 7.79. The van der Waals surface area contributed by atoms with Gasteiger partial charge in [-0.15, -0.1) is 0 Å². The number of halogens is 2. The fourth-order valence-corrected chi connectivity index (χ4v) is 3.53. The molecule has 0 aliphatic rings. The van der Waals surface area contributed by atoms with Gasteiger partial charge in [-0.05, 0) is 44.6 Å². The van der Waals surface area contributed by atoms with E-state index in [0.717, 1.165) is 18.6 Å². The van der Waals surface area contributed by atoms with Crippen molar-refractivity contribution >= 4 is 5.69 Å². The van der Waals surface area contributed by atoms with Crippen molar-refractivity contribution in [3.8, 4) is 5.75 Å². The maximum absolute atomic E-state index is 14.5. The van der Waals surface area contributed by atoms with Crippen molar-refractivity contribution in [1.29, 1.82) is 0 Å². The van der Waals surface area contributed by atoms with Crippen LogP contribution in [-0.4, -0.2) is 56.4 Å². The van der Waals surface area contributed by atoms with Crippen LogP contribution in [0.2, 0.25) is 0 Å². The quantitative estimate of drug-likeness (QED) is 0.251. The molecule has 0 fully saturated rings. The Morgan fingerprint density at radius 1 is 1.21 bits per heavy atom. The van der Waals surface area contributed by atoms with Crippen LogP contribution in [-0.2, 0) is 12.1 Å². The summed E-state index contributed by atoms with van der Waals surface area (Å²) in [5, 5.41) is 26.0. The second kappa shape index (κ2) is 10.9. The van der Waals surface area contributed by atoms with Crippen molar-refractivity contribution in [3.63, 3.8) is 0 Å². The highest BCUT2D eigenvalue weighted by atomic mass is 19.1. The highest BCUT2D eigenvalue weighted by Gasteiger charge is 2.34. The Morgan fingerprint density at radius 2 is 1.97 bits per heavy atom. The Hall–Kier alpha value is -3.44. The summed E-state index contributed by atoms with van der Waals surface area (Å²) in [6, 6.07) is 8.96. The molecular weight excluding hydrogens is 436 g/mol. The lowest BCUT2D eigenvalue weighted by Gasteiger charge is -2.33. The van der Waals surface area contributed by atoms with Crippen LogP contribution in [0.3, 0.4) is 0 Å². The summed E-state index contributed by atoms with van der Waals surface area (Å²) >= 11 is 0. The summed E-state index contributed by atoms with van der Waals surface area (Å²) in [5.74, 6) is -1.01. The monoisotopic (exact) mass is 461 g/mol.